The van der Waals surface area contributed by atoms with Crippen molar-refractivity contribution < 1.29 is 9.59 Å². The number of nitrogens with zero attached hydrogens (tertiary/aromatic N) is 1. The van der Waals surface area contributed by atoms with E-state index in [2.05, 4.69) is 15.9 Å². The first-order valence-electron chi connectivity index (χ1n) is 5.42. The molecule has 2 amide bonds. The van der Waals surface area contributed by atoms with Gasteiger partial charge in [-0.1, -0.05) is 28.1 Å². The average Bonchev–Trinajstić information content (AvgIpc) is 2.32. The van der Waals surface area contributed by atoms with Gasteiger partial charge in [0.15, 0.2) is 0 Å². The maximum Gasteiger partial charge on any atom is 0.246 e. The molecule has 2 rings (SSSR count). The molecule has 17 heavy (non-hydrogen) atoms. The Labute approximate surface area is 108 Å². The van der Waals surface area contributed by atoms with Gasteiger partial charge in [-0.15, -0.1) is 0 Å². The van der Waals surface area contributed by atoms with Crippen molar-refractivity contribution in [2.24, 2.45) is 5.73 Å². The van der Waals surface area contributed by atoms with Gasteiger partial charge in [0.25, 0.3) is 0 Å². The van der Waals surface area contributed by atoms with Crippen molar-refractivity contribution in [1.29, 1.82) is 0 Å². The second-order valence-electron chi connectivity index (χ2n) is 4.09. The molecular weight excluding hydrogens is 284 g/mol. The van der Waals surface area contributed by atoms with Crippen LogP contribution in [-0.2, 0) is 16.1 Å². The number of carbonyl (C=O) groups excluding carboxylic acids is 2. The zero-order chi connectivity index (χ0) is 12.4. The van der Waals surface area contributed by atoms with Gasteiger partial charge in [-0.05, 0) is 24.1 Å². The number of benzene rings is 1. The summed E-state index contributed by atoms with van der Waals surface area (Å²) in [6.07, 6.45) is 0.804. The maximum absolute atomic E-state index is 11.8. The molecule has 1 aliphatic rings. The molecule has 1 aromatic rings. The lowest BCUT2D eigenvalue weighted by molar-refractivity contribution is -0.149. The normalized spacial score (nSPS) is 20.8. The van der Waals surface area contributed by atoms with E-state index < -0.39 is 6.04 Å². The SMILES string of the molecule is NC1CCC(=O)N(Cc2ccc(Br)cc2)C1=O. The fourth-order valence-electron chi connectivity index (χ4n) is 1.80. The van der Waals surface area contributed by atoms with Crippen LogP contribution in [0.25, 0.3) is 0 Å². The molecule has 1 fully saturated rings. The fraction of sp³-hybridized carbons (Fsp3) is 0.333. The molecule has 5 heteroatoms. The third kappa shape index (κ3) is 2.73. The van der Waals surface area contributed by atoms with Crippen LogP contribution in [0.3, 0.4) is 0 Å². The molecular formula is C12H13BrN2O2. The van der Waals surface area contributed by atoms with Crippen molar-refractivity contribution in [2.75, 3.05) is 0 Å². The Bertz CT molecular complexity index is 444. The molecule has 1 atom stereocenters. The van der Waals surface area contributed by atoms with E-state index in [-0.39, 0.29) is 11.8 Å². The van der Waals surface area contributed by atoms with Gasteiger partial charge in [0.1, 0.15) is 0 Å². The van der Waals surface area contributed by atoms with Crippen LogP contribution in [0, 0.1) is 0 Å². The molecule has 1 aliphatic heterocycles. The zero-order valence-corrected chi connectivity index (χ0v) is 10.8. The second kappa shape index (κ2) is 4.98. The van der Waals surface area contributed by atoms with Crippen molar-refractivity contribution in [3.8, 4) is 0 Å². The second-order valence-corrected chi connectivity index (χ2v) is 5.01. The lowest BCUT2D eigenvalue weighted by Gasteiger charge is -2.28. The molecule has 0 radical (unpaired) electrons. The summed E-state index contributed by atoms with van der Waals surface area (Å²) >= 11 is 3.34. The summed E-state index contributed by atoms with van der Waals surface area (Å²) < 4.78 is 0.967. The lowest BCUT2D eigenvalue weighted by atomic mass is 10.0. The standard InChI is InChI=1S/C12H13BrN2O2/c13-9-3-1-8(2-4-9)7-15-11(16)6-5-10(14)12(15)17/h1-4,10H,5-7,14H2. The molecule has 1 saturated heterocycles. The largest absolute Gasteiger partial charge is 0.320 e. The number of piperidine rings is 1. The highest BCUT2D eigenvalue weighted by atomic mass is 79.9. The summed E-state index contributed by atoms with van der Waals surface area (Å²) in [5, 5.41) is 0. The van der Waals surface area contributed by atoms with Crippen LogP contribution in [0.2, 0.25) is 0 Å². The molecule has 0 aliphatic carbocycles. The molecule has 1 heterocycles. The molecule has 0 bridgehead atoms. The number of halogens is 1. The fourth-order valence-corrected chi connectivity index (χ4v) is 2.06. The predicted molar refractivity (Wildman–Crippen MR) is 66.9 cm³/mol. The van der Waals surface area contributed by atoms with E-state index in [1.54, 1.807) is 0 Å². The minimum absolute atomic E-state index is 0.139. The number of carbonyl (C=O) groups is 2. The van der Waals surface area contributed by atoms with E-state index in [9.17, 15) is 9.59 Å². The Morgan fingerprint density at radius 2 is 1.94 bits per heavy atom. The van der Waals surface area contributed by atoms with Crippen molar-refractivity contribution in [3.63, 3.8) is 0 Å². The van der Waals surface area contributed by atoms with Crippen molar-refractivity contribution in [3.05, 3.63) is 34.3 Å². The number of imide groups is 1. The Morgan fingerprint density at radius 3 is 2.59 bits per heavy atom. The van der Waals surface area contributed by atoms with Crippen molar-refractivity contribution >= 4 is 27.7 Å². The van der Waals surface area contributed by atoms with E-state index >= 15 is 0 Å². The molecule has 0 aromatic heterocycles. The minimum Gasteiger partial charge on any atom is -0.320 e. The van der Waals surface area contributed by atoms with Crippen LogP contribution < -0.4 is 5.73 Å². The Balaban J connectivity index is 2.13. The summed E-state index contributed by atoms with van der Waals surface area (Å²) in [5.41, 5.74) is 6.58. The molecule has 2 N–H and O–H groups in total. The number of likely N-dealkylation sites (tertiary alicyclic amines) is 1. The summed E-state index contributed by atoms with van der Waals surface area (Å²) in [6.45, 7) is 0.304. The number of hydrogen-bond donors (Lipinski definition) is 1. The topological polar surface area (TPSA) is 63.4 Å². The number of nitrogens with two attached hydrogens (primary N) is 1. The first kappa shape index (κ1) is 12.3. The van der Waals surface area contributed by atoms with Gasteiger partial charge in [-0.2, -0.15) is 0 Å². The quantitative estimate of drug-likeness (QED) is 0.840. The maximum atomic E-state index is 11.8. The summed E-state index contributed by atoms with van der Waals surface area (Å²) in [6, 6.07) is 6.99. The smallest absolute Gasteiger partial charge is 0.246 e. The Morgan fingerprint density at radius 1 is 1.29 bits per heavy atom. The molecule has 1 unspecified atom stereocenters. The van der Waals surface area contributed by atoms with E-state index in [1.165, 1.54) is 4.90 Å². The van der Waals surface area contributed by atoms with E-state index in [0.29, 0.717) is 19.4 Å². The average molecular weight is 297 g/mol. The molecule has 4 nitrogen and oxygen atoms in total. The molecule has 1 aromatic carbocycles. The highest BCUT2D eigenvalue weighted by Gasteiger charge is 2.31. The summed E-state index contributed by atoms with van der Waals surface area (Å²) in [4.78, 5) is 24.7. The third-order valence-electron chi connectivity index (χ3n) is 2.81. The number of rotatable bonds is 2. The number of hydrogen-bond acceptors (Lipinski definition) is 3. The van der Waals surface area contributed by atoms with Crippen LogP contribution >= 0.6 is 15.9 Å². The first-order chi connectivity index (χ1) is 8.08. The first-order valence-corrected chi connectivity index (χ1v) is 6.21. The summed E-state index contributed by atoms with van der Waals surface area (Å²) in [5.74, 6) is -0.413. The van der Waals surface area contributed by atoms with Gasteiger partial charge < -0.3 is 5.73 Å². The van der Waals surface area contributed by atoms with Gasteiger partial charge in [0.2, 0.25) is 11.8 Å². The van der Waals surface area contributed by atoms with E-state index in [4.69, 9.17) is 5.73 Å². The minimum atomic E-state index is -0.539. The highest BCUT2D eigenvalue weighted by molar-refractivity contribution is 9.10. The zero-order valence-electron chi connectivity index (χ0n) is 9.23. The number of amides is 2. The molecule has 0 spiro atoms. The molecule has 90 valence electrons. The van der Waals surface area contributed by atoms with Gasteiger partial charge in [-0.3, -0.25) is 14.5 Å². The highest BCUT2D eigenvalue weighted by Crippen LogP contribution is 2.17. The van der Waals surface area contributed by atoms with Crippen LogP contribution in [0.15, 0.2) is 28.7 Å². The van der Waals surface area contributed by atoms with Crippen LogP contribution in [-0.4, -0.2) is 22.8 Å². The van der Waals surface area contributed by atoms with Gasteiger partial charge in [0, 0.05) is 10.9 Å². The Kier molecular flexibility index (Phi) is 3.59. The van der Waals surface area contributed by atoms with Crippen LogP contribution in [0.4, 0.5) is 0 Å². The predicted octanol–water partition coefficient (Wildman–Crippen LogP) is 1.43. The summed E-state index contributed by atoms with van der Waals surface area (Å²) in [7, 11) is 0. The van der Waals surface area contributed by atoms with Crippen molar-refractivity contribution in [2.45, 2.75) is 25.4 Å². The van der Waals surface area contributed by atoms with E-state index in [0.717, 1.165) is 10.0 Å². The van der Waals surface area contributed by atoms with Crippen molar-refractivity contribution in [1.82, 2.24) is 4.90 Å². The lowest BCUT2D eigenvalue weighted by Crippen LogP contribution is -2.50. The van der Waals surface area contributed by atoms with Gasteiger partial charge in [0.05, 0.1) is 12.6 Å². The van der Waals surface area contributed by atoms with Gasteiger partial charge >= 0.3 is 0 Å². The van der Waals surface area contributed by atoms with Crippen LogP contribution in [0.1, 0.15) is 18.4 Å². The van der Waals surface area contributed by atoms with Crippen LogP contribution in [0.5, 0.6) is 0 Å². The van der Waals surface area contributed by atoms with Gasteiger partial charge in [-0.25, -0.2) is 0 Å². The third-order valence-corrected chi connectivity index (χ3v) is 3.34. The monoisotopic (exact) mass is 296 g/mol. The Hall–Kier alpha value is -1.20. The molecule has 0 saturated carbocycles. The van der Waals surface area contributed by atoms with E-state index in [1.807, 2.05) is 24.3 Å².